The Hall–Kier alpha value is -3.74. The van der Waals surface area contributed by atoms with E-state index in [9.17, 15) is 23.9 Å². The molecule has 2 aromatic rings. The van der Waals surface area contributed by atoms with Gasteiger partial charge in [-0.3, -0.25) is 14.4 Å². The molecule has 0 fully saturated rings. The third-order valence-corrected chi connectivity index (χ3v) is 4.77. The number of benzene rings is 2. The number of carboxylic acids is 1. The first-order valence-corrected chi connectivity index (χ1v) is 9.37. The van der Waals surface area contributed by atoms with Gasteiger partial charge in [0.1, 0.15) is 5.82 Å². The van der Waals surface area contributed by atoms with Crippen LogP contribution in [-0.2, 0) is 14.4 Å². The van der Waals surface area contributed by atoms with Crippen molar-refractivity contribution in [3.63, 3.8) is 0 Å². The van der Waals surface area contributed by atoms with Gasteiger partial charge >= 0.3 is 5.97 Å². The van der Waals surface area contributed by atoms with Crippen LogP contribution in [0.4, 0.5) is 4.39 Å². The van der Waals surface area contributed by atoms with Gasteiger partial charge in [0.05, 0.1) is 11.6 Å². The fourth-order valence-electron chi connectivity index (χ4n) is 3.35. The highest BCUT2D eigenvalue weighted by Gasteiger charge is 2.42. The first-order chi connectivity index (χ1) is 14.4. The molecule has 0 spiro atoms. The second-order valence-corrected chi connectivity index (χ2v) is 6.82. The summed E-state index contributed by atoms with van der Waals surface area (Å²) >= 11 is 0. The van der Waals surface area contributed by atoms with Crippen LogP contribution in [-0.4, -0.2) is 39.3 Å². The molecule has 0 saturated heterocycles. The molecule has 0 saturated carbocycles. The van der Waals surface area contributed by atoms with Crippen molar-refractivity contribution in [3.05, 3.63) is 88.9 Å². The van der Waals surface area contributed by atoms with Crippen molar-refractivity contribution in [2.24, 2.45) is 0 Å². The molecule has 1 heterocycles. The third-order valence-electron chi connectivity index (χ3n) is 4.77. The number of allylic oxidation sites excluding steroid dienone is 1. The molecule has 2 N–H and O–H groups in total. The first kappa shape index (κ1) is 21.0. The summed E-state index contributed by atoms with van der Waals surface area (Å²) in [6, 6.07) is 13.4. The Morgan fingerprint density at radius 2 is 1.73 bits per heavy atom. The molecule has 2 aromatic carbocycles. The van der Waals surface area contributed by atoms with Gasteiger partial charge in [-0.1, -0.05) is 48.5 Å². The highest BCUT2D eigenvalue weighted by Crippen LogP contribution is 2.38. The third kappa shape index (κ3) is 4.63. The van der Waals surface area contributed by atoms with E-state index in [2.05, 4.69) is 0 Å². The second kappa shape index (κ2) is 9.17. The molecule has 3 rings (SSSR count). The number of rotatable bonds is 8. The Labute approximate surface area is 172 Å². The van der Waals surface area contributed by atoms with E-state index in [1.165, 1.54) is 35.2 Å². The molecule has 1 atom stereocenters. The van der Waals surface area contributed by atoms with E-state index in [-0.39, 0.29) is 25.0 Å². The maximum atomic E-state index is 13.4. The van der Waals surface area contributed by atoms with E-state index in [0.29, 0.717) is 5.56 Å². The molecule has 0 bridgehead atoms. The predicted molar refractivity (Wildman–Crippen MR) is 108 cm³/mol. The molecule has 1 aliphatic rings. The average Bonchev–Trinajstić information content (AvgIpc) is 2.98. The lowest BCUT2D eigenvalue weighted by Gasteiger charge is -2.26. The zero-order valence-electron chi connectivity index (χ0n) is 16.0. The number of aliphatic hydroxyl groups is 1. The van der Waals surface area contributed by atoms with Crippen molar-refractivity contribution in [2.75, 3.05) is 6.54 Å². The van der Waals surface area contributed by atoms with E-state index in [4.69, 9.17) is 5.11 Å². The molecule has 6 nitrogen and oxygen atoms in total. The molecule has 1 unspecified atom stereocenters. The van der Waals surface area contributed by atoms with Crippen molar-refractivity contribution >= 4 is 23.7 Å². The van der Waals surface area contributed by atoms with Crippen molar-refractivity contribution < 1.29 is 29.0 Å². The minimum atomic E-state index is -1.01. The predicted octanol–water partition coefficient (Wildman–Crippen LogP) is 3.67. The Bertz CT molecular complexity index is 1010. The van der Waals surface area contributed by atoms with E-state index >= 15 is 0 Å². The van der Waals surface area contributed by atoms with Crippen LogP contribution in [0.3, 0.4) is 0 Å². The maximum absolute atomic E-state index is 13.4. The summed E-state index contributed by atoms with van der Waals surface area (Å²) in [7, 11) is 0. The number of hydrogen-bond donors (Lipinski definition) is 2. The van der Waals surface area contributed by atoms with Gasteiger partial charge in [0.25, 0.3) is 5.91 Å². The molecule has 0 aliphatic carbocycles. The molecule has 0 radical (unpaired) electrons. The lowest BCUT2D eigenvalue weighted by molar-refractivity contribution is -0.138. The van der Waals surface area contributed by atoms with Gasteiger partial charge in [-0.15, -0.1) is 0 Å². The van der Waals surface area contributed by atoms with Crippen molar-refractivity contribution in [1.29, 1.82) is 0 Å². The van der Waals surface area contributed by atoms with E-state index in [1.54, 1.807) is 18.2 Å². The Kier molecular flexibility index (Phi) is 6.41. The zero-order chi connectivity index (χ0) is 21.7. The number of halogens is 1. The molecule has 1 aliphatic heterocycles. The van der Waals surface area contributed by atoms with E-state index in [1.807, 2.05) is 18.2 Å². The zero-order valence-corrected chi connectivity index (χ0v) is 16.0. The van der Waals surface area contributed by atoms with Crippen LogP contribution in [0.5, 0.6) is 0 Å². The molecule has 0 aromatic heterocycles. The molecule has 154 valence electrons. The molecule has 7 heteroatoms. The number of aliphatic hydroxyl groups excluding tert-OH is 1. The van der Waals surface area contributed by atoms with Crippen molar-refractivity contribution in [3.8, 4) is 0 Å². The van der Waals surface area contributed by atoms with Gasteiger partial charge in [-0.25, -0.2) is 4.39 Å². The molecular weight excluding hydrogens is 389 g/mol. The van der Waals surface area contributed by atoms with Gasteiger partial charge in [0.2, 0.25) is 0 Å². The number of nitrogens with zero attached hydrogens (tertiary/aromatic N) is 1. The summed E-state index contributed by atoms with van der Waals surface area (Å²) in [4.78, 5) is 37.6. The molecule has 1 amide bonds. The number of hydrogen-bond acceptors (Lipinski definition) is 4. The highest BCUT2D eigenvalue weighted by molar-refractivity contribution is 6.14. The van der Waals surface area contributed by atoms with Gasteiger partial charge in [0, 0.05) is 13.0 Å². The van der Waals surface area contributed by atoms with Crippen LogP contribution in [0.1, 0.15) is 30.0 Å². The fraction of sp³-hybridized carbons (Fsp3) is 0.174. The number of carbonyl (C=O) groups is 3. The maximum Gasteiger partial charge on any atom is 0.303 e. The van der Waals surface area contributed by atoms with Crippen LogP contribution in [0, 0.1) is 5.82 Å². The van der Waals surface area contributed by atoms with Crippen LogP contribution in [0.15, 0.2) is 72.0 Å². The fourth-order valence-corrected chi connectivity index (χ4v) is 3.35. The van der Waals surface area contributed by atoms with Crippen LogP contribution < -0.4 is 0 Å². The Morgan fingerprint density at radius 1 is 1.07 bits per heavy atom. The summed E-state index contributed by atoms with van der Waals surface area (Å²) in [6.45, 7) is 0.0242. The van der Waals surface area contributed by atoms with Crippen molar-refractivity contribution in [2.45, 2.75) is 18.9 Å². The average molecular weight is 409 g/mol. The molecule has 30 heavy (non-hydrogen) atoms. The summed E-state index contributed by atoms with van der Waals surface area (Å²) in [6.07, 6.45) is 2.82. The van der Waals surface area contributed by atoms with Crippen LogP contribution >= 0.6 is 0 Å². The number of carboxylic acid groups (broad SMARTS) is 1. The largest absolute Gasteiger partial charge is 0.503 e. The Morgan fingerprint density at radius 3 is 2.37 bits per heavy atom. The summed E-state index contributed by atoms with van der Waals surface area (Å²) < 4.78 is 13.4. The smallest absolute Gasteiger partial charge is 0.303 e. The topological polar surface area (TPSA) is 94.9 Å². The monoisotopic (exact) mass is 409 g/mol. The van der Waals surface area contributed by atoms with Gasteiger partial charge < -0.3 is 15.1 Å². The van der Waals surface area contributed by atoms with Gasteiger partial charge in [-0.2, -0.15) is 0 Å². The standard InChI is InChI=1S/C23H20FNO5/c24-17-11-9-16(10-12-17)21-20(18(26)13-8-15-5-2-1-3-6-15)22(29)23(30)25(21)14-4-7-19(27)28/h1-3,5-6,8-13,21,29H,4,7,14H2,(H,27,28). The normalized spacial score (nSPS) is 16.5. The Balaban J connectivity index is 1.94. The molecular formula is C23H20FNO5. The van der Waals surface area contributed by atoms with Crippen LogP contribution in [0.25, 0.3) is 6.08 Å². The van der Waals surface area contributed by atoms with E-state index in [0.717, 1.165) is 5.56 Å². The first-order valence-electron chi connectivity index (χ1n) is 9.37. The quantitative estimate of drug-likeness (QED) is 0.649. The lowest BCUT2D eigenvalue weighted by atomic mass is 9.95. The van der Waals surface area contributed by atoms with Crippen LogP contribution in [0.2, 0.25) is 0 Å². The summed E-state index contributed by atoms with van der Waals surface area (Å²) in [5.41, 5.74) is 1.10. The van der Waals surface area contributed by atoms with Crippen molar-refractivity contribution in [1.82, 2.24) is 4.90 Å². The SMILES string of the molecule is O=C(O)CCCN1C(=O)C(O)=C(C(=O)C=Cc2ccccc2)C1c1ccc(F)cc1. The van der Waals surface area contributed by atoms with Gasteiger partial charge in [-0.05, 0) is 35.8 Å². The summed E-state index contributed by atoms with van der Waals surface area (Å²) in [5, 5.41) is 19.3. The minimum Gasteiger partial charge on any atom is -0.503 e. The lowest BCUT2D eigenvalue weighted by Crippen LogP contribution is -2.32. The number of amides is 1. The number of carbonyl (C=O) groups excluding carboxylic acids is 2. The van der Waals surface area contributed by atoms with E-state index < -0.39 is 35.3 Å². The number of ketones is 1. The minimum absolute atomic E-state index is 0.0242. The highest BCUT2D eigenvalue weighted by atomic mass is 19.1. The second-order valence-electron chi connectivity index (χ2n) is 6.82. The van der Waals surface area contributed by atoms with Gasteiger partial charge in [0.15, 0.2) is 11.5 Å². The summed E-state index contributed by atoms with van der Waals surface area (Å²) in [5.74, 6) is -3.49. The number of aliphatic carboxylic acids is 1.